The van der Waals surface area contributed by atoms with E-state index in [4.69, 9.17) is 10.5 Å². The fraction of sp³-hybridized carbons (Fsp3) is 0.368. The van der Waals surface area contributed by atoms with Crippen LogP contribution in [0.2, 0.25) is 0 Å². The van der Waals surface area contributed by atoms with Crippen LogP contribution in [0.5, 0.6) is 5.75 Å². The van der Waals surface area contributed by atoms with Gasteiger partial charge in [0.05, 0.1) is 5.56 Å². The van der Waals surface area contributed by atoms with Crippen molar-refractivity contribution in [1.82, 2.24) is 0 Å². The van der Waals surface area contributed by atoms with Crippen LogP contribution in [0, 0.1) is 12.8 Å². The predicted octanol–water partition coefficient (Wildman–Crippen LogP) is 3.30. The number of hydrogen-bond donors (Lipinski definition) is 2. The molecule has 1 aliphatic rings. The lowest BCUT2D eigenvalue weighted by atomic mass is 9.88. The molecule has 6 heteroatoms. The maximum Gasteiger partial charge on any atom is 0.262 e. The second-order valence-corrected chi connectivity index (χ2v) is 7.68. The maximum atomic E-state index is 12.2. The second-order valence-electron chi connectivity index (χ2n) is 6.57. The highest BCUT2D eigenvalue weighted by Gasteiger charge is 2.27. The SMILES string of the molecule is Cc1cccc(OCC(=O)Nc2sc3c(c2C(N)=O)CC[C@H](C)C3)c1. The highest BCUT2D eigenvalue weighted by Crippen LogP contribution is 2.39. The Labute approximate surface area is 151 Å². The lowest BCUT2D eigenvalue weighted by Crippen LogP contribution is -2.22. The molecule has 25 heavy (non-hydrogen) atoms. The van der Waals surface area contributed by atoms with Crippen LogP contribution in [-0.2, 0) is 17.6 Å². The Kier molecular flexibility index (Phi) is 5.08. The van der Waals surface area contributed by atoms with Crippen molar-refractivity contribution < 1.29 is 14.3 Å². The van der Waals surface area contributed by atoms with Crippen molar-refractivity contribution in [2.24, 2.45) is 11.7 Å². The Hall–Kier alpha value is -2.34. The molecule has 0 saturated carbocycles. The van der Waals surface area contributed by atoms with E-state index in [9.17, 15) is 9.59 Å². The fourth-order valence-electron chi connectivity index (χ4n) is 3.12. The van der Waals surface area contributed by atoms with Crippen LogP contribution in [0.4, 0.5) is 5.00 Å². The van der Waals surface area contributed by atoms with Crippen molar-refractivity contribution in [2.75, 3.05) is 11.9 Å². The Morgan fingerprint density at radius 3 is 2.92 bits per heavy atom. The molecule has 2 amide bonds. The monoisotopic (exact) mass is 358 g/mol. The first-order valence-corrected chi connectivity index (χ1v) is 9.19. The summed E-state index contributed by atoms with van der Waals surface area (Å²) in [6, 6.07) is 7.51. The molecule has 1 aromatic heterocycles. The van der Waals surface area contributed by atoms with Crippen molar-refractivity contribution in [3.63, 3.8) is 0 Å². The van der Waals surface area contributed by atoms with Crippen LogP contribution in [0.1, 0.15) is 39.7 Å². The predicted molar refractivity (Wildman–Crippen MR) is 99.3 cm³/mol. The Morgan fingerprint density at radius 2 is 2.20 bits per heavy atom. The molecule has 3 rings (SSSR count). The normalized spacial score (nSPS) is 16.2. The molecule has 0 bridgehead atoms. The van der Waals surface area contributed by atoms with Crippen molar-refractivity contribution in [3.05, 3.63) is 45.8 Å². The van der Waals surface area contributed by atoms with E-state index in [0.29, 0.717) is 22.2 Å². The van der Waals surface area contributed by atoms with Gasteiger partial charge < -0.3 is 15.8 Å². The van der Waals surface area contributed by atoms with E-state index in [-0.39, 0.29) is 12.5 Å². The summed E-state index contributed by atoms with van der Waals surface area (Å²) in [5.41, 5.74) is 8.10. The summed E-state index contributed by atoms with van der Waals surface area (Å²) in [6.07, 6.45) is 2.80. The van der Waals surface area contributed by atoms with E-state index in [1.807, 2.05) is 25.1 Å². The lowest BCUT2D eigenvalue weighted by Gasteiger charge is -2.18. The standard InChI is InChI=1S/C19H22N2O3S/c1-11-4-3-5-13(8-11)24-10-16(22)21-19-17(18(20)23)14-7-6-12(2)9-15(14)25-19/h3-5,8,12H,6-7,9-10H2,1-2H3,(H2,20,23)(H,21,22)/t12-/m0/s1. The number of aryl methyl sites for hydroxylation is 1. The Bertz CT molecular complexity index is 813. The van der Waals surface area contributed by atoms with E-state index in [2.05, 4.69) is 12.2 Å². The van der Waals surface area contributed by atoms with Crippen LogP contribution < -0.4 is 15.8 Å². The number of carbonyl (C=O) groups is 2. The van der Waals surface area contributed by atoms with Gasteiger partial charge in [-0.05, 0) is 55.4 Å². The number of fused-ring (bicyclic) bond motifs is 1. The molecule has 1 atom stereocenters. The number of thiophene rings is 1. The van der Waals surface area contributed by atoms with E-state index in [0.717, 1.165) is 35.3 Å². The third kappa shape index (κ3) is 4.02. The molecular weight excluding hydrogens is 336 g/mol. The topological polar surface area (TPSA) is 81.4 Å². The van der Waals surface area contributed by atoms with Gasteiger partial charge in [-0.25, -0.2) is 0 Å². The number of anilines is 1. The zero-order chi connectivity index (χ0) is 18.0. The van der Waals surface area contributed by atoms with Crippen molar-refractivity contribution in [2.45, 2.75) is 33.1 Å². The lowest BCUT2D eigenvalue weighted by molar-refractivity contribution is -0.118. The minimum Gasteiger partial charge on any atom is -0.484 e. The van der Waals surface area contributed by atoms with Gasteiger partial charge in [-0.2, -0.15) is 0 Å². The number of primary amides is 1. The van der Waals surface area contributed by atoms with Gasteiger partial charge in [0.1, 0.15) is 10.8 Å². The summed E-state index contributed by atoms with van der Waals surface area (Å²) in [6.45, 7) is 4.05. The number of hydrogen-bond acceptors (Lipinski definition) is 4. The molecule has 132 valence electrons. The average molecular weight is 358 g/mol. The summed E-state index contributed by atoms with van der Waals surface area (Å²) >= 11 is 1.46. The molecule has 0 aliphatic heterocycles. The smallest absolute Gasteiger partial charge is 0.262 e. The van der Waals surface area contributed by atoms with Crippen LogP contribution in [0.15, 0.2) is 24.3 Å². The van der Waals surface area contributed by atoms with Crippen LogP contribution >= 0.6 is 11.3 Å². The van der Waals surface area contributed by atoms with E-state index < -0.39 is 5.91 Å². The first-order chi connectivity index (χ1) is 11.9. The summed E-state index contributed by atoms with van der Waals surface area (Å²) in [5, 5.41) is 3.35. The van der Waals surface area contributed by atoms with E-state index >= 15 is 0 Å². The largest absolute Gasteiger partial charge is 0.484 e. The van der Waals surface area contributed by atoms with Gasteiger partial charge in [0, 0.05) is 4.88 Å². The molecule has 1 aliphatic carbocycles. The van der Waals surface area contributed by atoms with Gasteiger partial charge >= 0.3 is 0 Å². The summed E-state index contributed by atoms with van der Waals surface area (Å²) in [4.78, 5) is 25.3. The van der Waals surface area contributed by atoms with Gasteiger partial charge in [0.25, 0.3) is 11.8 Å². The number of benzene rings is 1. The second kappa shape index (κ2) is 7.27. The fourth-order valence-corrected chi connectivity index (χ4v) is 4.55. The quantitative estimate of drug-likeness (QED) is 0.860. The number of nitrogens with two attached hydrogens (primary N) is 1. The molecule has 0 unspecified atom stereocenters. The number of ether oxygens (including phenoxy) is 1. The molecule has 0 radical (unpaired) electrons. The van der Waals surface area contributed by atoms with Gasteiger partial charge in [0.15, 0.2) is 6.61 Å². The number of carbonyl (C=O) groups excluding carboxylic acids is 2. The first kappa shape index (κ1) is 17.5. The maximum absolute atomic E-state index is 12.2. The molecular formula is C19H22N2O3S. The zero-order valence-corrected chi connectivity index (χ0v) is 15.2. The molecule has 1 aromatic carbocycles. The van der Waals surface area contributed by atoms with Crippen LogP contribution in [0.3, 0.4) is 0 Å². The minimum atomic E-state index is -0.484. The Morgan fingerprint density at radius 1 is 1.40 bits per heavy atom. The third-order valence-corrected chi connectivity index (χ3v) is 5.54. The van der Waals surface area contributed by atoms with Gasteiger partial charge in [0.2, 0.25) is 0 Å². The van der Waals surface area contributed by atoms with Crippen LogP contribution in [-0.4, -0.2) is 18.4 Å². The summed E-state index contributed by atoms with van der Waals surface area (Å²) < 4.78 is 5.52. The molecule has 2 aromatic rings. The van der Waals surface area contributed by atoms with Crippen molar-refractivity contribution >= 4 is 28.2 Å². The summed E-state index contributed by atoms with van der Waals surface area (Å²) in [5.74, 6) is 0.447. The number of rotatable bonds is 5. The van der Waals surface area contributed by atoms with Gasteiger partial charge in [-0.15, -0.1) is 11.3 Å². The van der Waals surface area contributed by atoms with Crippen molar-refractivity contribution in [3.8, 4) is 5.75 Å². The molecule has 3 N–H and O–H groups in total. The molecule has 0 spiro atoms. The van der Waals surface area contributed by atoms with Crippen molar-refractivity contribution in [1.29, 1.82) is 0 Å². The first-order valence-electron chi connectivity index (χ1n) is 8.37. The number of nitrogens with one attached hydrogen (secondary N) is 1. The Balaban J connectivity index is 1.71. The number of amides is 2. The average Bonchev–Trinajstić information content (AvgIpc) is 2.90. The highest BCUT2D eigenvalue weighted by atomic mass is 32.1. The van der Waals surface area contributed by atoms with E-state index in [1.54, 1.807) is 6.07 Å². The summed E-state index contributed by atoms with van der Waals surface area (Å²) in [7, 11) is 0. The molecule has 1 heterocycles. The van der Waals surface area contributed by atoms with Crippen LogP contribution in [0.25, 0.3) is 0 Å². The van der Waals surface area contributed by atoms with Gasteiger partial charge in [-0.3, -0.25) is 9.59 Å². The molecule has 0 saturated heterocycles. The van der Waals surface area contributed by atoms with E-state index in [1.165, 1.54) is 11.3 Å². The minimum absolute atomic E-state index is 0.110. The van der Waals surface area contributed by atoms with Gasteiger partial charge in [-0.1, -0.05) is 19.1 Å². The molecule has 0 fully saturated rings. The zero-order valence-electron chi connectivity index (χ0n) is 14.4. The molecule has 5 nitrogen and oxygen atoms in total. The highest BCUT2D eigenvalue weighted by molar-refractivity contribution is 7.17. The third-order valence-electron chi connectivity index (χ3n) is 4.37.